The first-order chi connectivity index (χ1) is 10.6. The Balaban J connectivity index is 2.35. The van der Waals surface area contributed by atoms with Crippen molar-refractivity contribution in [2.24, 2.45) is 5.73 Å². The van der Waals surface area contributed by atoms with Gasteiger partial charge in [-0.15, -0.1) is 0 Å². The Morgan fingerprint density at radius 1 is 1.32 bits per heavy atom. The monoisotopic (exact) mass is 323 g/mol. The van der Waals surface area contributed by atoms with Gasteiger partial charge >= 0.3 is 0 Å². The molecule has 2 aromatic rings. The van der Waals surface area contributed by atoms with Crippen LogP contribution in [0.3, 0.4) is 0 Å². The molecule has 0 saturated carbocycles. The molecule has 0 saturated heterocycles. The van der Waals surface area contributed by atoms with E-state index in [1.807, 2.05) is 6.92 Å². The quantitative estimate of drug-likeness (QED) is 0.819. The number of rotatable bonds is 6. The fraction of sp³-hybridized carbons (Fsp3) is 0.294. The first-order valence-electron chi connectivity index (χ1n) is 7.18. The van der Waals surface area contributed by atoms with Gasteiger partial charge in [-0.1, -0.05) is 43.1 Å². The molecule has 3 nitrogen and oxygen atoms in total. The van der Waals surface area contributed by atoms with Crippen LogP contribution in [0, 0.1) is 5.82 Å². The van der Waals surface area contributed by atoms with E-state index in [2.05, 4.69) is 0 Å². The number of aliphatic hydroxyl groups is 1. The summed E-state index contributed by atoms with van der Waals surface area (Å²) in [5.41, 5.74) is 7.06. The summed E-state index contributed by atoms with van der Waals surface area (Å²) in [5, 5.41) is 9.32. The lowest BCUT2D eigenvalue weighted by atomic mass is 10.0. The molecule has 0 aliphatic rings. The summed E-state index contributed by atoms with van der Waals surface area (Å²) in [4.78, 5) is 0. The summed E-state index contributed by atoms with van der Waals surface area (Å²) in [6.45, 7) is 1.88. The minimum Gasteiger partial charge on any atom is -0.453 e. The van der Waals surface area contributed by atoms with Crippen molar-refractivity contribution >= 4 is 11.6 Å². The molecule has 0 unspecified atom stereocenters. The fourth-order valence-electron chi connectivity index (χ4n) is 2.22. The molecule has 0 aliphatic carbocycles. The predicted octanol–water partition coefficient (Wildman–Crippen LogP) is 4.56. The molecule has 0 radical (unpaired) electrons. The smallest absolute Gasteiger partial charge is 0.181 e. The Morgan fingerprint density at radius 3 is 2.77 bits per heavy atom. The molecule has 0 heterocycles. The van der Waals surface area contributed by atoms with Crippen LogP contribution in [0.5, 0.6) is 11.5 Å². The third kappa shape index (κ3) is 3.77. The van der Waals surface area contributed by atoms with Crippen LogP contribution < -0.4 is 10.5 Å². The molecule has 0 amide bonds. The summed E-state index contributed by atoms with van der Waals surface area (Å²) < 4.78 is 20.2. The minimum absolute atomic E-state index is 0.0409. The molecule has 1 atom stereocenters. The van der Waals surface area contributed by atoms with Crippen molar-refractivity contribution in [1.29, 1.82) is 0 Å². The van der Waals surface area contributed by atoms with Crippen molar-refractivity contribution in [2.75, 3.05) is 0 Å². The SMILES string of the molecule is CCC[C@@H](N)c1ccc(Cl)c(Oc2cccc(CO)c2)c1F. The molecule has 2 aromatic carbocycles. The van der Waals surface area contributed by atoms with Gasteiger partial charge in [-0.3, -0.25) is 0 Å². The molecule has 0 spiro atoms. The summed E-state index contributed by atoms with van der Waals surface area (Å²) in [7, 11) is 0. The number of aliphatic hydroxyl groups excluding tert-OH is 1. The van der Waals surface area contributed by atoms with E-state index in [-0.39, 0.29) is 17.4 Å². The lowest BCUT2D eigenvalue weighted by molar-refractivity contribution is 0.281. The van der Waals surface area contributed by atoms with E-state index in [0.717, 1.165) is 6.42 Å². The van der Waals surface area contributed by atoms with Crippen molar-refractivity contribution in [2.45, 2.75) is 32.4 Å². The minimum atomic E-state index is -0.539. The largest absolute Gasteiger partial charge is 0.453 e. The maximum atomic E-state index is 14.6. The molecular weight excluding hydrogens is 305 g/mol. The second-order valence-electron chi connectivity index (χ2n) is 5.08. The van der Waals surface area contributed by atoms with Crippen LogP contribution >= 0.6 is 11.6 Å². The van der Waals surface area contributed by atoms with Crippen molar-refractivity contribution in [3.63, 3.8) is 0 Å². The van der Waals surface area contributed by atoms with Crippen LogP contribution in [-0.4, -0.2) is 5.11 Å². The second kappa shape index (κ2) is 7.58. The van der Waals surface area contributed by atoms with Gasteiger partial charge in [-0.25, -0.2) is 4.39 Å². The van der Waals surface area contributed by atoms with Gasteiger partial charge in [0.2, 0.25) is 0 Å². The molecule has 0 bridgehead atoms. The van der Waals surface area contributed by atoms with E-state index in [1.165, 1.54) is 0 Å². The lowest BCUT2D eigenvalue weighted by Crippen LogP contribution is -2.12. The van der Waals surface area contributed by atoms with Crippen molar-refractivity contribution in [1.82, 2.24) is 0 Å². The summed E-state index contributed by atoms with van der Waals surface area (Å²) >= 11 is 6.05. The fourth-order valence-corrected chi connectivity index (χ4v) is 2.40. The summed E-state index contributed by atoms with van der Waals surface area (Å²) in [6.07, 6.45) is 1.54. The molecule has 0 aliphatic heterocycles. The second-order valence-corrected chi connectivity index (χ2v) is 5.49. The summed E-state index contributed by atoms with van der Waals surface area (Å²) in [5.74, 6) is -0.169. The Morgan fingerprint density at radius 2 is 2.09 bits per heavy atom. The first-order valence-corrected chi connectivity index (χ1v) is 7.55. The molecule has 118 valence electrons. The highest BCUT2D eigenvalue weighted by Crippen LogP contribution is 2.36. The third-order valence-electron chi connectivity index (χ3n) is 3.38. The molecular formula is C17H19ClFNO2. The van der Waals surface area contributed by atoms with Gasteiger partial charge in [0.15, 0.2) is 11.6 Å². The average Bonchev–Trinajstić information content (AvgIpc) is 2.52. The maximum absolute atomic E-state index is 14.6. The number of nitrogens with two attached hydrogens (primary N) is 1. The van der Waals surface area contributed by atoms with Crippen LogP contribution in [0.4, 0.5) is 4.39 Å². The Labute approximate surface area is 134 Å². The molecule has 2 rings (SSSR count). The van der Waals surface area contributed by atoms with E-state index in [4.69, 9.17) is 27.2 Å². The first kappa shape index (κ1) is 16.7. The number of ether oxygens (including phenoxy) is 1. The Hall–Kier alpha value is -1.62. The van der Waals surface area contributed by atoms with Crippen molar-refractivity contribution < 1.29 is 14.2 Å². The standard InChI is InChI=1S/C17H19ClFNO2/c1-2-4-15(20)13-7-8-14(18)17(16(13)19)22-12-6-3-5-11(9-12)10-21/h3,5-9,15,21H,2,4,10,20H2,1H3/t15-/m1/s1. The van der Waals surface area contributed by atoms with Gasteiger partial charge < -0.3 is 15.6 Å². The highest BCUT2D eigenvalue weighted by molar-refractivity contribution is 6.32. The van der Waals surface area contributed by atoms with E-state index in [9.17, 15) is 4.39 Å². The van der Waals surface area contributed by atoms with Gasteiger partial charge in [-0.2, -0.15) is 0 Å². The highest BCUT2D eigenvalue weighted by atomic mass is 35.5. The number of hydrogen-bond donors (Lipinski definition) is 2. The van der Waals surface area contributed by atoms with Gasteiger partial charge in [0.1, 0.15) is 5.75 Å². The zero-order chi connectivity index (χ0) is 16.1. The van der Waals surface area contributed by atoms with Crippen LogP contribution in [-0.2, 0) is 6.61 Å². The van der Waals surface area contributed by atoms with E-state index >= 15 is 0 Å². The number of benzene rings is 2. The van der Waals surface area contributed by atoms with Crippen LogP contribution in [0.1, 0.15) is 36.9 Å². The zero-order valence-electron chi connectivity index (χ0n) is 12.4. The van der Waals surface area contributed by atoms with Crippen molar-refractivity contribution in [3.8, 4) is 11.5 Å². The molecule has 22 heavy (non-hydrogen) atoms. The number of halogens is 2. The van der Waals surface area contributed by atoms with E-state index in [0.29, 0.717) is 23.3 Å². The van der Waals surface area contributed by atoms with Crippen LogP contribution in [0.2, 0.25) is 5.02 Å². The topological polar surface area (TPSA) is 55.5 Å². The molecule has 0 aromatic heterocycles. The van der Waals surface area contributed by atoms with E-state index in [1.54, 1.807) is 36.4 Å². The van der Waals surface area contributed by atoms with Gasteiger partial charge in [-0.05, 0) is 30.2 Å². The Bertz CT molecular complexity index is 649. The van der Waals surface area contributed by atoms with Crippen molar-refractivity contribution in [3.05, 3.63) is 58.4 Å². The maximum Gasteiger partial charge on any atom is 0.181 e. The Kier molecular flexibility index (Phi) is 5.77. The van der Waals surface area contributed by atoms with Crippen LogP contribution in [0.25, 0.3) is 0 Å². The van der Waals surface area contributed by atoms with Gasteiger partial charge in [0.05, 0.1) is 11.6 Å². The third-order valence-corrected chi connectivity index (χ3v) is 3.68. The normalized spacial score (nSPS) is 12.2. The number of hydrogen-bond acceptors (Lipinski definition) is 3. The van der Waals surface area contributed by atoms with Gasteiger partial charge in [0, 0.05) is 11.6 Å². The van der Waals surface area contributed by atoms with E-state index < -0.39 is 11.9 Å². The predicted molar refractivity (Wildman–Crippen MR) is 85.7 cm³/mol. The zero-order valence-corrected chi connectivity index (χ0v) is 13.1. The average molecular weight is 324 g/mol. The molecule has 0 fully saturated rings. The molecule has 5 heteroatoms. The van der Waals surface area contributed by atoms with Gasteiger partial charge in [0.25, 0.3) is 0 Å². The lowest BCUT2D eigenvalue weighted by Gasteiger charge is -2.16. The highest BCUT2D eigenvalue weighted by Gasteiger charge is 2.18. The molecule has 3 N–H and O–H groups in total. The van der Waals surface area contributed by atoms with Crippen LogP contribution in [0.15, 0.2) is 36.4 Å². The summed E-state index contributed by atoms with van der Waals surface area (Å²) in [6, 6.07) is 9.56.